The summed E-state index contributed by atoms with van der Waals surface area (Å²) >= 11 is 5.55. The first-order chi connectivity index (χ1) is 13.5. The monoisotopic (exact) mass is 405 g/mol. The van der Waals surface area contributed by atoms with Crippen molar-refractivity contribution in [2.24, 2.45) is 5.92 Å². The molecule has 0 radical (unpaired) electrons. The van der Waals surface area contributed by atoms with E-state index in [9.17, 15) is 15.0 Å². The lowest BCUT2D eigenvalue weighted by Crippen LogP contribution is -2.61. The first kappa shape index (κ1) is 19.4. The first-order valence-corrected chi connectivity index (χ1v) is 10.3. The van der Waals surface area contributed by atoms with Crippen LogP contribution < -0.4 is 15.0 Å². The number of nitrogens with one attached hydrogen (secondary N) is 1. The Balaban J connectivity index is 1.67. The molecule has 0 spiro atoms. The van der Waals surface area contributed by atoms with Crippen molar-refractivity contribution in [1.82, 2.24) is 10.2 Å². The van der Waals surface area contributed by atoms with Gasteiger partial charge in [-0.25, -0.2) is 0 Å². The maximum atomic E-state index is 13.3. The van der Waals surface area contributed by atoms with E-state index in [1.807, 2.05) is 34.1 Å². The zero-order valence-corrected chi connectivity index (χ0v) is 16.8. The fraction of sp³-hybridized carbons (Fsp3) is 0.600. The highest BCUT2D eigenvalue weighted by Crippen LogP contribution is 2.38. The van der Waals surface area contributed by atoms with E-state index in [0.717, 1.165) is 43.8 Å². The molecule has 0 unspecified atom stereocenters. The van der Waals surface area contributed by atoms with Gasteiger partial charge in [-0.15, -0.1) is 0 Å². The van der Waals surface area contributed by atoms with Crippen LogP contribution in [0, 0.1) is 5.92 Å². The Morgan fingerprint density at radius 2 is 1.86 bits per heavy atom. The summed E-state index contributed by atoms with van der Waals surface area (Å²) in [5.74, 6) is 0.348. The van der Waals surface area contributed by atoms with Gasteiger partial charge in [0.05, 0.1) is 31.2 Å². The van der Waals surface area contributed by atoms with Crippen LogP contribution >= 0.6 is 12.2 Å². The number of thiocarbonyl (C=S) groups is 1. The molecule has 1 saturated carbocycles. The number of aliphatic hydroxyl groups is 2. The Hall–Kier alpha value is -1.90. The molecular formula is C20H27N3O4S. The van der Waals surface area contributed by atoms with Crippen LogP contribution in [0.2, 0.25) is 0 Å². The second-order valence-electron chi connectivity index (χ2n) is 7.82. The lowest BCUT2D eigenvalue weighted by molar-refractivity contribution is -0.142. The number of carbonyl (C=O) groups is 1. The van der Waals surface area contributed by atoms with Crippen LogP contribution in [0.5, 0.6) is 5.75 Å². The van der Waals surface area contributed by atoms with Gasteiger partial charge in [-0.2, -0.15) is 0 Å². The Labute approximate surface area is 170 Å². The molecule has 5 atom stereocenters. The molecule has 0 bridgehead atoms. The lowest BCUT2D eigenvalue weighted by Gasteiger charge is -2.43. The largest absolute Gasteiger partial charge is 0.497 e. The minimum atomic E-state index is -0.975. The van der Waals surface area contributed by atoms with Gasteiger partial charge in [0.2, 0.25) is 5.91 Å². The van der Waals surface area contributed by atoms with E-state index in [1.165, 1.54) is 0 Å². The summed E-state index contributed by atoms with van der Waals surface area (Å²) in [6, 6.07) is 6.66. The van der Waals surface area contributed by atoms with Crippen LogP contribution in [0.1, 0.15) is 25.7 Å². The van der Waals surface area contributed by atoms with E-state index in [4.69, 9.17) is 17.0 Å². The minimum absolute atomic E-state index is 0.0469. The number of fused-ring (bicyclic) bond motifs is 1. The van der Waals surface area contributed by atoms with Gasteiger partial charge in [0.25, 0.3) is 0 Å². The average Bonchev–Trinajstić information content (AvgIpc) is 3.08. The molecule has 3 aliphatic rings. The Morgan fingerprint density at radius 3 is 2.50 bits per heavy atom. The smallest absolute Gasteiger partial charge is 0.227 e. The van der Waals surface area contributed by atoms with E-state index in [2.05, 4.69) is 5.32 Å². The maximum Gasteiger partial charge on any atom is 0.227 e. The van der Waals surface area contributed by atoms with Gasteiger partial charge in [0, 0.05) is 18.8 Å². The Kier molecular flexibility index (Phi) is 5.44. The number of aliphatic hydroxyl groups excluding tert-OH is 2. The molecule has 28 heavy (non-hydrogen) atoms. The number of carbonyl (C=O) groups excluding carboxylic acids is 1. The SMILES string of the molecule is COc1ccc(N2C(=S)N[C@H]3[C@@H](O)[C@H](O)C[C@@H](C(=O)N4CCCCC4)[C@@H]32)cc1. The van der Waals surface area contributed by atoms with E-state index in [-0.39, 0.29) is 18.4 Å². The van der Waals surface area contributed by atoms with Gasteiger partial charge in [0.1, 0.15) is 11.9 Å². The van der Waals surface area contributed by atoms with Crippen LogP contribution in [0.25, 0.3) is 0 Å². The van der Waals surface area contributed by atoms with Gasteiger partial charge < -0.3 is 30.1 Å². The lowest BCUT2D eigenvalue weighted by atomic mass is 9.76. The molecule has 2 aliphatic heterocycles. The maximum absolute atomic E-state index is 13.3. The second kappa shape index (κ2) is 7.85. The van der Waals surface area contributed by atoms with E-state index < -0.39 is 24.2 Å². The Bertz CT molecular complexity index is 737. The summed E-state index contributed by atoms with van der Waals surface area (Å²) in [6.45, 7) is 1.51. The molecule has 8 heteroatoms. The molecular weight excluding hydrogens is 378 g/mol. The zero-order valence-electron chi connectivity index (χ0n) is 16.0. The number of anilines is 1. The fourth-order valence-corrected chi connectivity index (χ4v) is 5.08. The number of hydrogen-bond acceptors (Lipinski definition) is 5. The van der Waals surface area contributed by atoms with Crippen molar-refractivity contribution >= 4 is 28.9 Å². The molecule has 1 aliphatic carbocycles. The molecule has 3 fully saturated rings. The van der Waals surface area contributed by atoms with Crippen LogP contribution in [0.3, 0.4) is 0 Å². The van der Waals surface area contributed by atoms with Gasteiger partial charge in [0.15, 0.2) is 5.11 Å². The summed E-state index contributed by atoms with van der Waals surface area (Å²) in [6.07, 6.45) is 1.47. The Morgan fingerprint density at radius 1 is 1.18 bits per heavy atom. The summed E-state index contributed by atoms with van der Waals surface area (Å²) < 4.78 is 5.23. The third-order valence-corrected chi connectivity index (χ3v) is 6.49. The van der Waals surface area contributed by atoms with Gasteiger partial charge in [-0.3, -0.25) is 4.79 Å². The number of piperidine rings is 1. The molecule has 7 nitrogen and oxygen atoms in total. The summed E-state index contributed by atoms with van der Waals surface area (Å²) in [7, 11) is 1.61. The molecule has 1 aromatic rings. The minimum Gasteiger partial charge on any atom is -0.497 e. The van der Waals surface area contributed by atoms with E-state index >= 15 is 0 Å². The second-order valence-corrected chi connectivity index (χ2v) is 8.21. The van der Waals surface area contributed by atoms with Crippen molar-refractivity contribution in [3.8, 4) is 5.75 Å². The van der Waals surface area contributed by atoms with Gasteiger partial charge in [-0.1, -0.05) is 0 Å². The topological polar surface area (TPSA) is 85.3 Å². The molecule has 3 N–H and O–H groups in total. The van der Waals surface area contributed by atoms with Crippen molar-refractivity contribution in [3.63, 3.8) is 0 Å². The molecule has 2 saturated heterocycles. The van der Waals surface area contributed by atoms with Crippen LogP contribution in [-0.2, 0) is 4.79 Å². The molecule has 2 heterocycles. The number of methoxy groups -OCH3 is 1. The van der Waals surface area contributed by atoms with Crippen molar-refractivity contribution in [2.45, 2.75) is 50.0 Å². The number of rotatable bonds is 3. The summed E-state index contributed by atoms with van der Waals surface area (Å²) in [5, 5.41) is 24.6. The fourth-order valence-electron chi connectivity index (χ4n) is 4.72. The van der Waals surface area contributed by atoms with Crippen LogP contribution in [0.4, 0.5) is 5.69 Å². The summed E-state index contributed by atoms with van der Waals surface area (Å²) in [4.78, 5) is 17.2. The normalized spacial score (nSPS) is 32.7. The van der Waals surface area contributed by atoms with Crippen molar-refractivity contribution in [2.75, 3.05) is 25.1 Å². The first-order valence-electron chi connectivity index (χ1n) is 9.90. The molecule has 1 amide bonds. The number of amides is 1. The highest BCUT2D eigenvalue weighted by atomic mass is 32.1. The standard InChI is InChI=1S/C20H27N3O4S/c1-27-13-7-5-12(6-8-13)23-17-14(19(26)22-9-3-2-4-10-22)11-15(24)18(25)16(17)21-20(23)28/h5-8,14-18,24-25H,2-4,9-11H2,1H3,(H,21,28)/t14-,15-,16-,17+,18+/m1/s1. The van der Waals surface area contributed by atoms with Gasteiger partial charge >= 0.3 is 0 Å². The molecule has 1 aromatic carbocycles. The number of hydrogen-bond donors (Lipinski definition) is 3. The third kappa shape index (κ3) is 3.33. The predicted octanol–water partition coefficient (Wildman–Crippen LogP) is 0.881. The van der Waals surface area contributed by atoms with Gasteiger partial charge in [-0.05, 0) is 62.2 Å². The van der Waals surface area contributed by atoms with Crippen molar-refractivity contribution in [3.05, 3.63) is 24.3 Å². The van der Waals surface area contributed by atoms with Crippen molar-refractivity contribution in [1.29, 1.82) is 0 Å². The molecule has 4 rings (SSSR count). The van der Waals surface area contributed by atoms with E-state index in [0.29, 0.717) is 5.11 Å². The van der Waals surface area contributed by atoms with E-state index in [1.54, 1.807) is 7.11 Å². The number of benzene rings is 1. The predicted molar refractivity (Wildman–Crippen MR) is 109 cm³/mol. The molecule has 0 aromatic heterocycles. The van der Waals surface area contributed by atoms with Crippen LogP contribution in [-0.4, -0.2) is 70.6 Å². The quantitative estimate of drug-likeness (QED) is 0.644. The third-order valence-electron chi connectivity index (χ3n) is 6.18. The highest BCUT2D eigenvalue weighted by Gasteiger charge is 2.54. The number of nitrogens with zero attached hydrogens (tertiary/aromatic N) is 2. The van der Waals surface area contributed by atoms with Crippen LogP contribution in [0.15, 0.2) is 24.3 Å². The van der Waals surface area contributed by atoms with Crippen molar-refractivity contribution < 1.29 is 19.7 Å². The average molecular weight is 406 g/mol. The number of ether oxygens (including phenoxy) is 1. The zero-order chi connectivity index (χ0) is 19.8. The molecule has 152 valence electrons. The summed E-state index contributed by atoms with van der Waals surface area (Å²) in [5.41, 5.74) is 0.839. The number of likely N-dealkylation sites (tertiary alicyclic amines) is 1. The highest BCUT2D eigenvalue weighted by molar-refractivity contribution is 7.80.